The van der Waals surface area contributed by atoms with Gasteiger partial charge in [0.15, 0.2) is 11.5 Å². The molecule has 2 rings (SSSR count). The Morgan fingerprint density at radius 1 is 1.26 bits per heavy atom. The van der Waals surface area contributed by atoms with Crippen molar-refractivity contribution in [2.24, 2.45) is 5.10 Å². The number of hydrogen-bond acceptors (Lipinski definition) is 6. The summed E-state index contributed by atoms with van der Waals surface area (Å²) in [6.45, 7) is 3.00. The number of amides is 1. The fourth-order valence-electron chi connectivity index (χ4n) is 1.85. The minimum atomic E-state index is -0.438. The lowest BCUT2D eigenvalue weighted by atomic mass is 10.2. The first-order valence-corrected chi connectivity index (χ1v) is 6.75. The maximum Gasteiger partial charge on any atom is 0.308 e. The summed E-state index contributed by atoms with van der Waals surface area (Å²) in [6.07, 6.45) is 2.89. The van der Waals surface area contributed by atoms with E-state index in [0.29, 0.717) is 28.4 Å². The molecule has 7 heteroatoms. The number of esters is 1. The Hall–Kier alpha value is -3.09. The first kappa shape index (κ1) is 16.3. The summed E-state index contributed by atoms with van der Waals surface area (Å²) in [7, 11) is 1.46. The van der Waals surface area contributed by atoms with Crippen molar-refractivity contribution < 1.29 is 23.5 Å². The quantitative estimate of drug-likeness (QED) is 0.395. The molecule has 0 saturated carbocycles. The number of hydrazone groups is 1. The van der Waals surface area contributed by atoms with E-state index in [1.54, 1.807) is 31.2 Å². The predicted octanol–water partition coefficient (Wildman–Crippen LogP) is 2.29. The van der Waals surface area contributed by atoms with Crippen LogP contribution in [0, 0.1) is 6.92 Å². The molecule has 0 radical (unpaired) electrons. The largest absolute Gasteiger partial charge is 0.493 e. The third-order valence-corrected chi connectivity index (χ3v) is 2.92. The predicted molar refractivity (Wildman–Crippen MR) is 82.8 cm³/mol. The van der Waals surface area contributed by atoms with E-state index in [-0.39, 0.29) is 5.91 Å². The third-order valence-electron chi connectivity index (χ3n) is 2.92. The van der Waals surface area contributed by atoms with Crippen LogP contribution in [0.2, 0.25) is 0 Å². The van der Waals surface area contributed by atoms with Crippen LogP contribution in [0.3, 0.4) is 0 Å². The molecule has 7 nitrogen and oxygen atoms in total. The van der Waals surface area contributed by atoms with Gasteiger partial charge >= 0.3 is 5.97 Å². The molecule has 0 atom stereocenters. The van der Waals surface area contributed by atoms with Crippen LogP contribution in [-0.4, -0.2) is 25.2 Å². The molecule has 1 aromatic heterocycles. The van der Waals surface area contributed by atoms with E-state index >= 15 is 0 Å². The average Bonchev–Trinajstić information content (AvgIpc) is 2.94. The molecular weight excluding hydrogens is 300 g/mol. The van der Waals surface area contributed by atoms with Gasteiger partial charge in [-0.2, -0.15) is 5.10 Å². The van der Waals surface area contributed by atoms with Gasteiger partial charge in [0.25, 0.3) is 5.91 Å². The number of nitrogens with one attached hydrogen (secondary N) is 1. The number of benzene rings is 1. The smallest absolute Gasteiger partial charge is 0.308 e. The number of hydrogen-bond donors (Lipinski definition) is 1. The Bertz CT molecular complexity index is 749. The van der Waals surface area contributed by atoms with Crippen molar-refractivity contribution in [1.29, 1.82) is 0 Å². The zero-order chi connectivity index (χ0) is 16.8. The number of carbonyl (C=O) groups is 2. The van der Waals surface area contributed by atoms with Gasteiger partial charge in [-0.05, 0) is 36.8 Å². The van der Waals surface area contributed by atoms with Crippen molar-refractivity contribution in [2.75, 3.05) is 7.11 Å². The maximum atomic E-state index is 11.8. The van der Waals surface area contributed by atoms with Gasteiger partial charge in [-0.1, -0.05) is 0 Å². The molecule has 1 N–H and O–H groups in total. The van der Waals surface area contributed by atoms with Gasteiger partial charge in [0.2, 0.25) is 0 Å². The second-order valence-electron chi connectivity index (χ2n) is 4.59. The molecule has 1 aromatic carbocycles. The van der Waals surface area contributed by atoms with Gasteiger partial charge < -0.3 is 13.9 Å². The average molecular weight is 316 g/mol. The van der Waals surface area contributed by atoms with Crippen molar-refractivity contribution in [2.45, 2.75) is 13.8 Å². The summed E-state index contributed by atoms with van der Waals surface area (Å²) >= 11 is 0. The summed E-state index contributed by atoms with van der Waals surface area (Å²) in [4.78, 5) is 22.8. The molecule has 23 heavy (non-hydrogen) atoms. The zero-order valence-electron chi connectivity index (χ0n) is 13.0. The van der Waals surface area contributed by atoms with Crippen LogP contribution >= 0.6 is 0 Å². The Morgan fingerprint density at radius 2 is 2.04 bits per heavy atom. The molecule has 0 fully saturated rings. The number of rotatable bonds is 5. The van der Waals surface area contributed by atoms with Crippen molar-refractivity contribution in [3.8, 4) is 11.5 Å². The minimum absolute atomic E-state index is 0.315. The van der Waals surface area contributed by atoms with Crippen LogP contribution in [0.25, 0.3) is 0 Å². The third kappa shape index (κ3) is 4.19. The molecular formula is C16H16N2O5. The highest BCUT2D eigenvalue weighted by Gasteiger charge is 2.10. The molecule has 120 valence electrons. The second-order valence-corrected chi connectivity index (χ2v) is 4.59. The molecule has 0 aliphatic rings. The first-order valence-electron chi connectivity index (χ1n) is 6.75. The molecule has 2 aromatic rings. The van der Waals surface area contributed by atoms with E-state index in [4.69, 9.17) is 13.9 Å². The Kier molecular flexibility index (Phi) is 5.14. The van der Waals surface area contributed by atoms with Crippen LogP contribution < -0.4 is 14.9 Å². The lowest BCUT2D eigenvalue weighted by Gasteiger charge is -2.08. The highest BCUT2D eigenvalue weighted by Crippen LogP contribution is 2.27. The molecule has 0 saturated heterocycles. The summed E-state index contributed by atoms with van der Waals surface area (Å²) in [5.74, 6) is 0.421. The highest BCUT2D eigenvalue weighted by atomic mass is 16.6. The summed E-state index contributed by atoms with van der Waals surface area (Å²) in [5.41, 5.74) is 3.49. The summed E-state index contributed by atoms with van der Waals surface area (Å²) in [6, 6.07) is 6.47. The van der Waals surface area contributed by atoms with E-state index in [0.717, 1.165) is 0 Å². The molecule has 1 heterocycles. The fourth-order valence-corrected chi connectivity index (χ4v) is 1.85. The van der Waals surface area contributed by atoms with Gasteiger partial charge in [-0.15, -0.1) is 0 Å². The second kappa shape index (κ2) is 7.26. The highest BCUT2D eigenvalue weighted by molar-refractivity contribution is 5.95. The SMILES string of the molecule is COc1cc(/C=N\NC(=O)c2ccoc2C)ccc1OC(C)=O. The lowest BCUT2D eigenvalue weighted by molar-refractivity contribution is -0.132. The molecule has 0 spiro atoms. The van der Waals surface area contributed by atoms with E-state index in [1.807, 2.05) is 0 Å². The summed E-state index contributed by atoms with van der Waals surface area (Å²) < 4.78 is 15.2. The van der Waals surface area contributed by atoms with Gasteiger partial charge in [0.05, 0.1) is 25.2 Å². The summed E-state index contributed by atoms with van der Waals surface area (Å²) in [5, 5.41) is 3.88. The monoisotopic (exact) mass is 316 g/mol. The normalized spacial score (nSPS) is 10.6. The maximum absolute atomic E-state index is 11.8. The lowest BCUT2D eigenvalue weighted by Crippen LogP contribution is -2.17. The van der Waals surface area contributed by atoms with Crippen LogP contribution in [0.1, 0.15) is 28.6 Å². The van der Waals surface area contributed by atoms with Crippen LogP contribution in [0.5, 0.6) is 11.5 Å². The molecule has 0 unspecified atom stereocenters. The van der Waals surface area contributed by atoms with Crippen LogP contribution in [-0.2, 0) is 4.79 Å². The standard InChI is InChI=1S/C16H16N2O5/c1-10-13(6-7-22-10)16(20)18-17-9-12-4-5-14(23-11(2)19)15(8-12)21-3/h4-9H,1-3H3,(H,18,20)/b17-9-. The number of carbonyl (C=O) groups excluding carboxylic acids is 2. The van der Waals surface area contributed by atoms with Crippen molar-refractivity contribution in [3.63, 3.8) is 0 Å². The molecule has 1 amide bonds. The van der Waals surface area contributed by atoms with E-state index in [1.165, 1.54) is 26.5 Å². The van der Waals surface area contributed by atoms with Crippen molar-refractivity contribution in [1.82, 2.24) is 5.43 Å². The van der Waals surface area contributed by atoms with Gasteiger partial charge in [0.1, 0.15) is 5.76 Å². The zero-order valence-corrected chi connectivity index (χ0v) is 13.0. The van der Waals surface area contributed by atoms with Crippen LogP contribution in [0.4, 0.5) is 0 Å². The molecule has 0 bridgehead atoms. The number of aryl methyl sites for hydroxylation is 1. The topological polar surface area (TPSA) is 90.1 Å². The van der Waals surface area contributed by atoms with E-state index in [2.05, 4.69) is 10.5 Å². The van der Waals surface area contributed by atoms with Crippen molar-refractivity contribution >= 4 is 18.1 Å². The van der Waals surface area contributed by atoms with Gasteiger partial charge in [-0.3, -0.25) is 9.59 Å². The minimum Gasteiger partial charge on any atom is -0.493 e. The Labute approximate surface area is 132 Å². The Balaban J connectivity index is 2.06. The molecule has 0 aliphatic heterocycles. The number of ether oxygens (including phenoxy) is 2. The number of furan rings is 1. The number of nitrogens with zero attached hydrogens (tertiary/aromatic N) is 1. The van der Waals surface area contributed by atoms with Crippen LogP contribution in [0.15, 0.2) is 40.0 Å². The molecule has 0 aliphatic carbocycles. The van der Waals surface area contributed by atoms with Gasteiger partial charge in [0, 0.05) is 6.92 Å². The van der Waals surface area contributed by atoms with Crippen molar-refractivity contribution in [3.05, 3.63) is 47.4 Å². The fraction of sp³-hybridized carbons (Fsp3) is 0.188. The Morgan fingerprint density at radius 3 is 2.65 bits per heavy atom. The number of methoxy groups -OCH3 is 1. The first-order chi connectivity index (χ1) is 11.0. The van der Waals surface area contributed by atoms with Gasteiger partial charge in [-0.25, -0.2) is 5.43 Å². The van der Waals surface area contributed by atoms with E-state index < -0.39 is 5.97 Å². The van der Waals surface area contributed by atoms with E-state index in [9.17, 15) is 9.59 Å².